The van der Waals surface area contributed by atoms with Crippen molar-refractivity contribution in [2.75, 3.05) is 11.1 Å². The van der Waals surface area contributed by atoms with Crippen molar-refractivity contribution >= 4 is 29.0 Å². The van der Waals surface area contributed by atoms with Crippen LogP contribution in [0.5, 0.6) is 0 Å². The molecule has 0 bridgehead atoms. The van der Waals surface area contributed by atoms with Crippen LogP contribution in [-0.2, 0) is 10.5 Å². The molecule has 2 rings (SSSR count). The number of thioether (sulfide) groups is 1. The van der Waals surface area contributed by atoms with Gasteiger partial charge in [-0.25, -0.2) is 0 Å². The predicted molar refractivity (Wildman–Crippen MR) is 103 cm³/mol. The summed E-state index contributed by atoms with van der Waals surface area (Å²) in [5.74, 6) is 1.33. The third-order valence-electron chi connectivity index (χ3n) is 4.03. The van der Waals surface area contributed by atoms with Crippen LogP contribution in [0.1, 0.15) is 37.3 Å². The lowest BCUT2D eigenvalue weighted by molar-refractivity contribution is -0.384. The van der Waals surface area contributed by atoms with E-state index in [9.17, 15) is 14.9 Å². The highest BCUT2D eigenvalue weighted by molar-refractivity contribution is 7.99. The van der Waals surface area contributed by atoms with E-state index >= 15 is 0 Å². The van der Waals surface area contributed by atoms with E-state index in [2.05, 4.69) is 19.2 Å². The van der Waals surface area contributed by atoms with Crippen LogP contribution in [0, 0.1) is 10.1 Å². The molecule has 0 unspecified atom stereocenters. The zero-order chi connectivity index (χ0) is 18.2. The lowest BCUT2D eigenvalue weighted by Crippen LogP contribution is -2.16. The molecule has 0 saturated carbocycles. The molecule has 0 aliphatic carbocycles. The number of non-ortho nitro benzene ring substituents is 1. The normalized spacial score (nSPS) is 11.8. The fourth-order valence-corrected chi connectivity index (χ4v) is 3.21. The van der Waals surface area contributed by atoms with Crippen LogP contribution in [0.4, 0.5) is 11.4 Å². The van der Waals surface area contributed by atoms with Gasteiger partial charge in [-0.15, -0.1) is 11.8 Å². The quantitative estimate of drug-likeness (QED) is 0.533. The summed E-state index contributed by atoms with van der Waals surface area (Å²) in [7, 11) is 0. The highest BCUT2D eigenvalue weighted by Gasteiger charge is 2.11. The Balaban J connectivity index is 1.86. The summed E-state index contributed by atoms with van der Waals surface area (Å²) in [5.41, 5.74) is 3.06. The number of rotatable bonds is 8. The number of carbonyl (C=O) groups is 1. The Morgan fingerprint density at radius 2 is 1.88 bits per heavy atom. The summed E-state index contributed by atoms with van der Waals surface area (Å²) in [6.07, 6.45) is 1.02. The van der Waals surface area contributed by atoms with E-state index in [1.807, 2.05) is 24.3 Å². The van der Waals surface area contributed by atoms with Gasteiger partial charge in [0.1, 0.15) is 0 Å². The lowest BCUT2D eigenvalue weighted by Gasteiger charge is -2.15. The Kier molecular flexibility index (Phi) is 7.01. The first kappa shape index (κ1) is 19.0. The van der Waals surface area contributed by atoms with Gasteiger partial charge < -0.3 is 5.32 Å². The maximum atomic E-state index is 12.2. The molecule has 0 aliphatic rings. The van der Waals surface area contributed by atoms with Gasteiger partial charge in [-0.3, -0.25) is 14.9 Å². The molecule has 0 saturated heterocycles. The Hall–Kier alpha value is -2.34. The van der Waals surface area contributed by atoms with E-state index in [1.165, 1.54) is 23.9 Å². The molecule has 0 radical (unpaired) electrons. The van der Waals surface area contributed by atoms with Gasteiger partial charge in [-0.1, -0.05) is 44.2 Å². The molecular formula is C19H22N2O3S. The molecule has 132 valence electrons. The topological polar surface area (TPSA) is 72.2 Å². The summed E-state index contributed by atoms with van der Waals surface area (Å²) < 4.78 is 0. The average Bonchev–Trinajstić information content (AvgIpc) is 2.62. The van der Waals surface area contributed by atoms with Crippen molar-refractivity contribution in [2.45, 2.75) is 31.9 Å². The Labute approximate surface area is 152 Å². The molecular weight excluding hydrogens is 336 g/mol. The molecule has 1 N–H and O–H groups in total. The van der Waals surface area contributed by atoms with Gasteiger partial charge in [0, 0.05) is 23.6 Å². The molecule has 0 fully saturated rings. The second-order valence-electron chi connectivity index (χ2n) is 5.86. The van der Waals surface area contributed by atoms with E-state index < -0.39 is 4.92 Å². The molecule has 2 aromatic carbocycles. The van der Waals surface area contributed by atoms with Crippen LogP contribution in [0.2, 0.25) is 0 Å². The van der Waals surface area contributed by atoms with Crippen LogP contribution < -0.4 is 5.32 Å². The number of nitro groups is 1. The van der Waals surface area contributed by atoms with Crippen LogP contribution >= 0.6 is 11.8 Å². The number of para-hydroxylation sites is 1. The van der Waals surface area contributed by atoms with Gasteiger partial charge in [0.2, 0.25) is 5.91 Å². The summed E-state index contributed by atoms with van der Waals surface area (Å²) in [4.78, 5) is 22.4. The van der Waals surface area contributed by atoms with Crippen molar-refractivity contribution in [3.63, 3.8) is 0 Å². The van der Waals surface area contributed by atoms with Crippen LogP contribution in [0.15, 0.2) is 48.5 Å². The maximum absolute atomic E-state index is 12.2. The number of carbonyl (C=O) groups excluding carboxylic acids is 1. The van der Waals surface area contributed by atoms with Gasteiger partial charge in [-0.2, -0.15) is 0 Å². The Morgan fingerprint density at radius 3 is 2.52 bits per heavy atom. The third kappa shape index (κ3) is 5.60. The lowest BCUT2D eigenvalue weighted by atomic mass is 9.97. The zero-order valence-corrected chi connectivity index (χ0v) is 15.2. The van der Waals surface area contributed by atoms with Gasteiger partial charge in [-0.05, 0) is 29.5 Å². The summed E-state index contributed by atoms with van der Waals surface area (Å²) in [6.45, 7) is 4.28. The first-order valence-electron chi connectivity index (χ1n) is 8.21. The van der Waals surface area contributed by atoms with E-state index in [0.717, 1.165) is 23.2 Å². The van der Waals surface area contributed by atoms with E-state index in [0.29, 0.717) is 17.4 Å². The van der Waals surface area contributed by atoms with Crippen LogP contribution in [-0.4, -0.2) is 16.6 Å². The highest BCUT2D eigenvalue weighted by Crippen LogP contribution is 2.26. The highest BCUT2D eigenvalue weighted by atomic mass is 32.2. The number of nitrogens with zero attached hydrogens (tertiary/aromatic N) is 1. The minimum atomic E-state index is -0.418. The number of nitrogens with one attached hydrogen (secondary N) is 1. The SMILES string of the molecule is CC[C@H](C)c1ccccc1NC(=O)CSCc1ccc([N+](=O)[O-])cc1. The van der Waals surface area contributed by atoms with Crippen molar-refractivity contribution in [2.24, 2.45) is 0 Å². The van der Waals surface area contributed by atoms with Gasteiger partial charge in [0.15, 0.2) is 0 Å². The maximum Gasteiger partial charge on any atom is 0.269 e. The standard InChI is InChI=1S/C19H22N2O3S/c1-3-14(2)17-6-4-5-7-18(17)20-19(22)13-25-12-15-8-10-16(11-9-15)21(23)24/h4-11,14H,3,12-13H2,1-2H3,(H,20,22)/t14-/m0/s1. The number of nitro benzene ring substituents is 1. The van der Waals surface area contributed by atoms with Crippen LogP contribution in [0.3, 0.4) is 0 Å². The predicted octanol–water partition coefficient (Wildman–Crippen LogP) is 4.98. The largest absolute Gasteiger partial charge is 0.325 e. The molecule has 0 aromatic heterocycles. The average molecular weight is 358 g/mol. The fourth-order valence-electron chi connectivity index (χ4n) is 2.42. The second-order valence-corrected chi connectivity index (χ2v) is 6.85. The molecule has 1 atom stereocenters. The number of anilines is 1. The van der Waals surface area contributed by atoms with Gasteiger partial charge in [0.05, 0.1) is 10.7 Å². The van der Waals surface area contributed by atoms with Gasteiger partial charge in [0.25, 0.3) is 5.69 Å². The summed E-state index contributed by atoms with van der Waals surface area (Å²) in [6, 6.07) is 14.3. The molecule has 1 amide bonds. The molecule has 0 spiro atoms. The van der Waals surface area contributed by atoms with E-state index in [1.54, 1.807) is 12.1 Å². The zero-order valence-electron chi connectivity index (χ0n) is 14.4. The molecule has 2 aromatic rings. The second kappa shape index (κ2) is 9.22. The van der Waals surface area contributed by atoms with E-state index in [4.69, 9.17) is 0 Å². The molecule has 25 heavy (non-hydrogen) atoms. The van der Waals surface area contributed by atoms with E-state index in [-0.39, 0.29) is 11.6 Å². The first-order valence-corrected chi connectivity index (χ1v) is 9.36. The van der Waals surface area contributed by atoms with Crippen molar-refractivity contribution in [3.05, 3.63) is 69.8 Å². The van der Waals surface area contributed by atoms with Crippen molar-refractivity contribution in [1.29, 1.82) is 0 Å². The number of amides is 1. The first-order chi connectivity index (χ1) is 12.0. The van der Waals surface area contributed by atoms with Crippen molar-refractivity contribution in [1.82, 2.24) is 0 Å². The Morgan fingerprint density at radius 1 is 1.20 bits per heavy atom. The molecule has 0 aliphatic heterocycles. The van der Waals surface area contributed by atoms with Gasteiger partial charge >= 0.3 is 0 Å². The minimum Gasteiger partial charge on any atom is -0.325 e. The minimum absolute atomic E-state index is 0.0392. The molecule has 5 nitrogen and oxygen atoms in total. The Bertz CT molecular complexity index is 732. The summed E-state index contributed by atoms with van der Waals surface area (Å²) in [5, 5.41) is 13.6. The third-order valence-corrected chi connectivity index (χ3v) is 5.03. The number of hydrogen-bond acceptors (Lipinski definition) is 4. The van der Waals surface area contributed by atoms with Crippen molar-refractivity contribution in [3.8, 4) is 0 Å². The molecule has 0 heterocycles. The number of hydrogen-bond donors (Lipinski definition) is 1. The number of benzene rings is 2. The summed E-state index contributed by atoms with van der Waals surface area (Å²) >= 11 is 1.49. The van der Waals surface area contributed by atoms with Crippen molar-refractivity contribution < 1.29 is 9.72 Å². The fraction of sp³-hybridized carbons (Fsp3) is 0.316. The molecule has 6 heteroatoms. The van der Waals surface area contributed by atoms with Crippen LogP contribution in [0.25, 0.3) is 0 Å². The smallest absolute Gasteiger partial charge is 0.269 e. The monoisotopic (exact) mass is 358 g/mol.